The standard InChI is InChI=1S/C23H25N3O3/c1-23(2,3)29-22(27)26-18-10-8-17(9-11-18)12-15-28-21-7-5-4-6-19(21)20-16-24-13-14-25-20/h4-11,13-14,16H,12,15H2,1-3H3,(H,26,27). The molecule has 0 fully saturated rings. The number of hydrogen-bond acceptors (Lipinski definition) is 5. The van der Waals surface area contributed by atoms with Crippen molar-refractivity contribution in [1.82, 2.24) is 9.97 Å². The Morgan fingerprint density at radius 3 is 2.48 bits per heavy atom. The Hall–Kier alpha value is -3.41. The molecule has 1 heterocycles. The molecule has 150 valence electrons. The molecule has 0 bridgehead atoms. The number of hydrogen-bond donors (Lipinski definition) is 1. The molecule has 6 heteroatoms. The number of ether oxygens (including phenoxy) is 2. The van der Waals surface area contributed by atoms with Crippen LogP contribution in [0.2, 0.25) is 0 Å². The molecule has 0 atom stereocenters. The topological polar surface area (TPSA) is 73.3 Å². The van der Waals surface area contributed by atoms with Crippen molar-refractivity contribution in [2.24, 2.45) is 0 Å². The van der Waals surface area contributed by atoms with Crippen LogP contribution in [0.15, 0.2) is 67.1 Å². The van der Waals surface area contributed by atoms with Crippen LogP contribution >= 0.6 is 0 Å². The molecule has 0 saturated heterocycles. The van der Waals surface area contributed by atoms with Crippen molar-refractivity contribution in [1.29, 1.82) is 0 Å². The summed E-state index contributed by atoms with van der Waals surface area (Å²) in [7, 11) is 0. The van der Waals surface area contributed by atoms with E-state index in [0.717, 1.165) is 29.0 Å². The number of amides is 1. The summed E-state index contributed by atoms with van der Waals surface area (Å²) in [5.74, 6) is 0.774. The Morgan fingerprint density at radius 1 is 1.03 bits per heavy atom. The Bertz CT molecular complexity index is 936. The lowest BCUT2D eigenvalue weighted by atomic mass is 10.1. The number of nitrogens with one attached hydrogen (secondary N) is 1. The van der Waals surface area contributed by atoms with Gasteiger partial charge in [-0.05, 0) is 50.6 Å². The van der Waals surface area contributed by atoms with Crippen LogP contribution in [-0.2, 0) is 11.2 Å². The number of anilines is 1. The van der Waals surface area contributed by atoms with Gasteiger partial charge in [0.25, 0.3) is 0 Å². The fourth-order valence-electron chi connectivity index (χ4n) is 2.70. The van der Waals surface area contributed by atoms with E-state index >= 15 is 0 Å². The van der Waals surface area contributed by atoms with Gasteiger partial charge in [0.15, 0.2) is 0 Å². The van der Waals surface area contributed by atoms with Gasteiger partial charge in [0.2, 0.25) is 0 Å². The predicted octanol–water partition coefficient (Wildman–Crippen LogP) is 5.11. The van der Waals surface area contributed by atoms with Gasteiger partial charge in [-0.15, -0.1) is 0 Å². The van der Waals surface area contributed by atoms with Gasteiger partial charge in [-0.2, -0.15) is 0 Å². The molecule has 0 radical (unpaired) electrons. The molecule has 6 nitrogen and oxygen atoms in total. The normalized spacial score (nSPS) is 11.0. The Morgan fingerprint density at radius 2 is 1.79 bits per heavy atom. The average Bonchev–Trinajstić information content (AvgIpc) is 2.69. The third-order valence-electron chi connectivity index (χ3n) is 3.97. The summed E-state index contributed by atoms with van der Waals surface area (Å²) in [5.41, 5.74) is 2.97. The molecule has 1 aromatic heterocycles. The van der Waals surface area contributed by atoms with Crippen molar-refractivity contribution in [2.75, 3.05) is 11.9 Å². The van der Waals surface area contributed by atoms with E-state index in [1.165, 1.54) is 0 Å². The van der Waals surface area contributed by atoms with Crippen molar-refractivity contribution in [3.8, 4) is 17.0 Å². The first-order valence-corrected chi connectivity index (χ1v) is 9.48. The van der Waals surface area contributed by atoms with Crippen LogP contribution in [0.4, 0.5) is 10.5 Å². The summed E-state index contributed by atoms with van der Waals surface area (Å²) < 4.78 is 11.2. The lowest BCUT2D eigenvalue weighted by molar-refractivity contribution is 0.0636. The molecule has 2 aromatic carbocycles. The molecule has 3 aromatic rings. The first-order valence-electron chi connectivity index (χ1n) is 9.48. The molecule has 3 rings (SSSR count). The lowest BCUT2D eigenvalue weighted by Gasteiger charge is -2.19. The van der Waals surface area contributed by atoms with Crippen LogP contribution in [0.3, 0.4) is 0 Å². The summed E-state index contributed by atoms with van der Waals surface area (Å²) in [4.78, 5) is 20.3. The number of nitrogens with zero attached hydrogens (tertiary/aromatic N) is 2. The van der Waals surface area contributed by atoms with Crippen LogP contribution in [0, 0.1) is 0 Å². The van der Waals surface area contributed by atoms with Gasteiger partial charge in [-0.25, -0.2) is 4.79 Å². The lowest BCUT2D eigenvalue weighted by Crippen LogP contribution is -2.27. The highest BCUT2D eigenvalue weighted by atomic mass is 16.6. The van der Waals surface area contributed by atoms with Crippen LogP contribution < -0.4 is 10.1 Å². The Kier molecular flexibility index (Phi) is 6.44. The maximum Gasteiger partial charge on any atom is 0.412 e. The van der Waals surface area contributed by atoms with Crippen LogP contribution in [0.25, 0.3) is 11.3 Å². The van der Waals surface area contributed by atoms with E-state index in [4.69, 9.17) is 9.47 Å². The molecule has 0 unspecified atom stereocenters. The molecule has 0 saturated carbocycles. The van der Waals surface area contributed by atoms with Crippen molar-refractivity contribution < 1.29 is 14.3 Å². The van der Waals surface area contributed by atoms with Gasteiger partial charge < -0.3 is 9.47 Å². The van der Waals surface area contributed by atoms with Crippen molar-refractivity contribution in [3.05, 3.63) is 72.7 Å². The molecule has 1 amide bonds. The zero-order valence-electron chi connectivity index (χ0n) is 16.9. The summed E-state index contributed by atoms with van der Waals surface area (Å²) in [6.07, 6.45) is 5.31. The summed E-state index contributed by atoms with van der Waals surface area (Å²) in [6.45, 7) is 6.02. The van der Waals surface area contributed by atoms with Gasteiger partial charge >= 0.3 is 6.09 Å². The zero-order chi connectivity index (χ0) is 20.7. The van der Waals surface area contributed by atoms with Gasteiger partial charge in [0, 0.05) is 30.1 Å². The SMILES string of the molecule is CC(C)(C)OC(=O)Nc1ccc(CCOc2ccccc2-c2cnccn2)cc1. The van der Waals surface area contributed by atoms with Crippen molar-refractivity contribution in [3.63, 3.8) is 0 Å². The maximum atomic E-state index is 11.8. The van der Waals surface area contributed by atoms with Gasteiger partial charge in [0.05, 0.1) is 18.5 Å². The van der Waals surface area contributed by atoms with Gasteiger partial charge in [-0.3, -0.25) is 15.3 Å². The van der Waals surface area contributed by atoms with E-state index in [0.29, 0.717) is 12.3 Å². The molecular weight excluding hydrogens is 366 g/mol. The van der Waals surface area contributed by atoms with E-state index in [1.54, 1.807) is 18.6 Å². The van der Waals surface area contributed by atoms with Gasteiger partial charge in [0.1, 0.15) is 11.4 Å². The minimum atomic E-state index is -0.525. The number of benzene rings is 2. The highest BCUT2D eigenvalue weighted by Gasteiger charge is 2.16. The maximum absolute atomic E-state index is 11.8. The van der Waals surface area contributed by atoms with Crippen LogP contribution in [0.5, 0.6) is 5.75 Å². The highest BCUT2D eigenvalue weighted by molar-refractivity contribution is 5.84. The molecule has 1 N–H and O–H groups in total. The van der Waals surface area contributed by atoms with Crippen LogP contribution in [0.1, 0.15) is 26.3 Å². The van der Waals surface area contributed by atoms with E-state index in [9.17, 15) is 4.79 Å². The van der Waals surface area contributed by atoms with E-state index in [1.807, 2.05) is 69.3 Å². The molecular formula is C23H25N3O3. The molecule has 0 aliphatic carbocycles. The second-order valence-corrected chi connectivity index (χ2v) is 7.51. The van der Waals surface area contributed by atoms with Crippen molar-refractivity contribution >= 4 is 11.8 Å². The predicted molar refractivity (Wildman–Crippen MR) is 113 cm³/mol. The van der Waals surface area contributed by atoms with E-state index in [2.05, 4.69) is 15.3 Å². The number of aromatic nitrogens is 2. The van der Waals surface area contributed by atoms with Crippen molar-refractivity contribution in [2.45, 2.75) is 32.8 Å². The fraction of sp³-hybridized carbons (Fsp3) is 0.261. The Balaban J connectivity index is 1.55. The highest BCUT2D eigenvalue weighted by Crippen LogP contribution is 2.27. The summed E-state index contributed by atoms with van der Waals surface area (Å²) in [6, 6.07) is 15.4. The second-order valence-electron chi connectivity index (χ2n) is 7.51. The number of carbonyl (C=O) groups excluding carboxylic acids is 1. The minimum absolute atomic E-state index is 0.464. The monoisotopic (exact) mass is 391 g/mol. The number of carbonyl (C=O) groups is 1. The summed E-state index contributed by atoms with van der Waals surface area (Å²) in [5, 5.41) is 2.73. The van der Waals surface area contributed by atoms with E-state index in [-0.39, 0.29) is 0 Å². The minimum Gasteiger partial charge on any atom is -0.493 e. The molecule has 0 spiro atoms. The first kappa shape index (κ1) is 20.3. The van der Waals surface area contributed by atoms with Crippen LogP contribution in [-0.4, -0.2) is 28.3 Å². The summed E-state index contributed by atoms with van der Waals surface area (Å²) >= 11 is 0. The molecule has 0 aliphatic rings. The third kappa shape index (κ3) is 6.31. The van der Waals surface area contributed by atoms with Gasteiger partial charge in [-0.1, -0.05) is 24.3 Å². The fourth-order valence-corrected chi connectivity index (χ4v) is 2.70. The second kappa shape index (κ2) is 9.19. The smallest absolute Gasteiger partial charge is 0.412 e. The third-order valence-corrected chi connectivity index (χ3v) is 3.97. The Labute approximate surface area is 170 Å². The average molecular weight is 391 g/mol. The quantitative estimate of drug-likeness (QED) is 0.632. The largest absolute Gasteiger partial charge is 0.493 e. The first-order chi connectivity index (χ1) is 13.9. The molecule has 29 heavy (non-hydrogen) atoms. The van der Waals surface area contributed by atoms with E-state index < -0.39 is 11.7 Å². The molecule has 0 aliphatic heterocycles. The number of para-hydroxylation sites is 1. The number of rotatable bonds is 6. The zero-order valence-corrected chi connectivity index (χ0v) is 16.9.